The number of nitrogens with one attached hydrogen (secondary N) is 1. The lowest BCUT2D eigenvalue weighted by Gasteiger charge is -2.13. The fraction of sp³-hybridized carbons (Fsp3) is 0.214. The molecule has 2 aromatic rings. The Labute approximate surface area is 125 Å². The van der Waals surface area contributed by atoms with Crippen molar-refractivity contribution in [1.29, 1.82) is 0 Å². The predicted octanol–water partition coefficient (Wildman–Crippen LogP) is 1.57. The Bertz CT molecular complexity index is 710. The molecule has 1 aromatic heterocycles. The van der Waals surface area contributed by atoms with Crippen LogP contribution in [0.25, 0.3) is 11.5 Å². The van der Waals surface area contributed by atoms with Crippen LogP contribution in [-0.2, 0) is 14.3 Å². The molecule has 1 aliphatic rings. The molecule has 0 saturated heterocycles. The lowest BCUT2D eigenvalue weighted by atomic mass is 10.2. The van der Waals surface area contributed by atoms with Gasteiger partial charge in [-0.3, -0.25) is 10.1 Å². The number of amides is 1. The number of carbonyl (C=O) groups is 1. The van der Waals surface area contributed by atoms with Gasteiger partial charge in [-0.1, -0.05) is 11.2 Å². The molecule has 0 bridgehead atoms. The Morgan fingerprint density at radius 3 is 3.00 bits per heavy atom. The Kier molecular flexibility index (Phi) is 3.90. The zero-order valence-corrected chi connectivity index (χ0v) is 11.7. The lowest BCUT2D eigenvalue weighted by molar-refractivity contribution is -0.117. The molecule has 8 heteroatoms. The van der Waals surface area contributed by atoms with Crippen molar-refractivity contribution in [2.45, 2.75) is 0 Å². The zero-order valence-electron chi connectivity index (χ0n) is 11.7. The zero-order chi connectivity index (χ0) is 15.4. The molecule has 1 aliphatic heterocycles. The summed E-state index contributed by atoms with van der Waals surface area (Å²) in [5.74, 6) is 0.483. The quantitative estimate of drug-likeness (QED) is 0.915. The summed E-state index contributed by atoms with van der Waals surface area (Å²) >= 11 is 0. The van der Waals surface area contributed by atoms with Gasteiger partial charge in [0, 0.05) is 5.56 Å². The summed E-state index contributed by atoms with van der Waals surface area (Å²) in [5.41, 5.74) is 0.684. The largest absolute Gasteiger partial charge is 0.497 e. The number of carbonyl (C=O) groups excluding carboxylic acids is 1. The highest BCUT2D eigenvalue weighted by atomic mass is 16.6. The SMILES string of the molecule is COc1cccc(-c2nnc(NC(=O)C3=COCCO3)o2)c1. The van der Waals surface area contributed by atoms with E-state index in [0.29, 0.717) is 24.5 Å². The minimum absolute atomic E-state index is 0.0297. The first-order valence-corrected chi connectivity index (χ1v) is 6.50. The molecule has 0 aliphatic carbocycles. The maximum absolute atomic E-state index is 11.9. The number of aromatic nitrogens is 2. The van der Waals surface area contributed by atoms with Crippen LogP contribution in [0.4, 0.5) is 6.01 Å². The average molecular weight is 303 g/mol. The summed E-state index contributed by atoms with van der Waals surface area (Å²) in [5, 5.41) is 10.1. The van der Waals surface area contributed by atoms with Gasteiger partial charge in [0.1, 0.15) is 25.2 Å². The second-order valence-corrected chi connectivity index (χ2v) is 4.30. The van der Waals surface area contributed by atoms with Crippen molar-refractivity contribution >= 4 is 11.9 Å². The van der Waals surface area contributed by atoms with Crippen LogP contribution in [0.2, 0.25) is 0 Å². The van der Waals surface area contributed by atoms with Crippen LogP contribution in [0.1, 0.15) is 0 Å². The van der Waals surface area contributed by atoms with Gasteiger partial charge in [0.25, 0.3) is 5.91 Å². The minimum atomic E-state index is -0.513. The second kappa shape index (κ2) is 6.17. The standard InChI is InChI=1S/C14H13N3O5/c1-19-10-4-2-3-9(7-10)13-16-17-14(22-13)15-12(18)11-8-20-5-6-21-11/h2-4,7-8H,5-6H2,1H3,(H,15,17,18). The predicted molar refractivity (Wildman–Crippen MR) is 74.9 cm³/mol. The first-order valence-electron chi connectivity index (χ1n) is 6.50. The summed E-state index contributed by atoms with van der Waals surface area (Å²) in [4.78, 5) is 11.9. The Balaban J connectivity index is 1.73. The lowest BCUT2D eigenvalue weighted by Crippen LogP contribution is -2.21. The van der Waals surface area contributed by atoms with Gasteiger partial charge in [0.15, 0.2) is 0 Å². The number of anilines is 1. The van der Waals surface area contributed by atoms with Gasteiger partial charge in [0.2, 0.25) is 11.6 Å². The third kappa shape index (κ3) is 3.00. The maximum Gasteiger partial charge on any atom is 0.322 e. The first kappa shape index (κ1) is 13.9. The van der Waals surface area contributed by atoms with Crippen molar-refractivity contribution in [2.24, 2.45) is 0 Å². The summed E-state index contributed by atoms with van der Waals surface area (Å²) in [6, 6.07) is 7.12. The van der Waals surface area contributed by atoms with Crippen LogP contribution in [0, 0.1) is 0 Å². The van der Waals surface area contributed by atoms with Crippen molar-refractivity contribution < 1.29 is 23.4 Å². The van der Waals surface area contributed by atoms with Gasteiger partial charge >= 0.3 is 6.01 Å². The van der Waals surface area contributed by atoms with Gasteiger partial charge in [-0.2, -0.15) is 0 Å². The smallest absolute Gasteiger partial charge is 0.322 e. The van der Waals surface area contributed by atoms with Crippen LogP contribution in [0.3, 0.4) is 0 Å². The molecule has 8 nitrogen and oxygen atoms in total. The van der Waals surface area contributed by atoms with E-state index in [1.165, 1.54) is 6.26 Å². The third-order valence-electron chi connectivity index (χ3n) is 2.84. The van der Waals surface area contributed by atoms with E-state index in [4.69, 9.17) is 18.6 Å². The van der Waals surface area contributed by atoms with Crippen molar-refractivity contribution in [3.8, 4) is 17.2 Å². The van der Waals surface area contributed by atoms with Gasteiger partial charge in [0.05, 0.1) is 7.11 Å². The number of rotatable bonds is 4. The van der Waals surface area contributed by atoms with Crippen LogP contribution < -0.4 is 10.1 Å². The maximum atomic E-state index is 11.9. The molecule has 3 rings (SSSR count). The topological polar surface area (TPSA) is 95.7 Å². The fourth-order valence-electron chi connectivity index (χ4n) is 1.79. The summed E-state index contributed by atoms with van der Waals surface area (Å²) in [6.07, 6.45) is 1.25. The van der Waals surface area contributed by atoms with Crippen LogP contribution in [0.5, 0.6) is 5.75 Å². The molecule has 0 fully saturated rings. The van der Waals surface area contributed by atoms with Crippen LogP contribution in [0.15, 0.2) is 40.7 Å². The Morgan fingerprint density at radius 2 is 2.23 bits per heavy atom. The van der Waals surface area contributed by atoms with Crippen molar-refractivity contribution in [3.05, 3.63) is 36.3 Å². The van der Waals surface area contributed by atoms with Crippen molar-refractivity contribution in [1.82, 2.24) is 10.2 Å². The van der Waals surface area contributed by atoms with Crippen LogP contribution >= 0.6 is 0 Å². The number of benzene rings is 1. The first-order chi connectivity index (χ1) is 10.8. The monoisotopic (exact) mass is 303 g/mol. The normalized spacial score (nSPS) is 13.6. The molecule has 0 unspecified atom stereocenters. The van der Waals surface area contributed by atoms with Gasteiger partial charge in [-0.15, -0.1) is 5.10 Å². The molecular formula is C14H13N3O5. The van der Waals surface area contributed by atoms with E-state index >= 15 is 0 Å². The number of ether oxygens (including phenoxy) is 3. The van der Waals surface area contributed by atoms with Gasteiger partial charge in [-0.25, -0.2) is 0 Å². The Morgan fingerprint density at radius 1 is 1.32 bits per heavy atom. The van der Waals surface area contributed by atoms with Gasteiger partial charge in [-0.05, 0) is 18.2 Å². The summed E-state index contributed by atoms with van der Waals surface area (Å²) < 4.78 is 20.7. The van der Waals surface area contributed by atoms with Gasteiger partial charge < -0.3 is 18.6 Å². The molecule has 0 saturated carbocycles. The second-order valence-electron chi connectivity index (χ2n) is 4.30. The Hall–Kier alpha value is -3.03. The number of nitrogens with zero attached hydrogens (tertiary/aromatic N) is 2. The van der Waals surface area contributed by atoms with E-state index in [-0.39, 0.29) is 17.7 Å². The van der Waals surface area contributed by atoms with Crippen LogP contribution in [-0.4, -0.2) is 36.4 Å². The molecule has 0 atom stereocenters. The van der Waals surface area contributed by atoms with Crippen molar-refractivity contribution in [3.63, 3.8) is 0 Å². The van der Waals surface area contributed by atoms with E-state index in [1.54, 1.807) is 31.4 Å². The number of hydrogen-bond donors (Lipinski definition) is 1. The van der Waals surface area contributed by atoms with E-state index in [1.807, 2.05) is 0 Å². The highest BCUT2D eigenvalue weighted by Crippen LogP contribution is 2.24. The molecule has 1 N–H and O–H groups in total. The van der Waals surface area contributed by atoms with E-state index in [9.17, 15) is 4.79 Å². The molecule has 0 spiro atoms. The average Bonchev–Trinajstić information content (AvgIpc) is 3.04. The van der Waals surface area contributed by atoms with E-state index in [0.717, 1.165) is 0 Å². The number of methoxy groups -OCH3 is 1. The highest BCUT2D eigenvalue weighted by molar-refractivity contribution is 6.00. The summed E-state index contributed by atoms with van der Waals surface area (Å²) in [6.45, 7) is 0.732. The molecule has 22 heavy (non-hydrogen) atoms. The molecule has 1 aromatic carbocycles. The number of hydrogen-bond acceptors (Lipinski definition) is 7. The summed E-state index contributed by atoms with van der Waals surface area (Å²) in [7, 11) is 1.57. The molecule has 114 valence electrons. The minimum Gasteiger partial charge on any atom is -0.497 e. The molecular weight excluding hydrogens is 290 g/mol. The molecule has 1 amide bonds. The fourth-order valence-corrected chi connectivity index (χ4v) is 1.79. The van der Waals surface area contributed by atoms with E-state index in [2.05, 4.69) is 15.5 Å². The van der Waals surface area contributed by atoms with E-state index < -0.39 is 5.91 Å². The highest BCUT2D eigenvalue weighted by Gasteiger charge is 2.18. The molecule has 2 heterocycles. The molecule has 0 radical (unpaired) electrons. The third-order valence-corrected chi connectivity index (χ3v) is 2.84. The van der Waals surface area contributed by atoms with Crippen molar-refractivity contribution in [2.75, 3.05) is 25.6 Å².